The summed E-state index contributed by atoms with van der Waals surface area (Å²) in [7, 11) is 0. The topological polar surface area (TPSA) is 57.2 Å². The Morgan fingerprint density at radius 1 is 1.53 bits per heavy atom. The maximum atomic E-state index is 11.6. The molecule has 1 aromatic rings. The molecule has 0 aromatic carbocycles. The number of hydrogen-bond acceptors (Lipinski definition) is 2. The molecular formula is C13H17N3O. The van der Waals surface area contributed by atoms with Crippen LogP contribution < -0.4 is 5.32 Å². The highest BCUT2D eigenvalue weighted by Crippen LogP contribution is 2.26. The van der Waals surface area contributed by atoms with E-state index in [2.05, 4.69) is 22.2 Å². The minimum atomic E-state index is 0.0427. The third-order valence-corrected chi connectivity index (χ3v) is 3.63. The summed E-state index contributed by atoms with van der Waals surface area (Å²) < 4.78 is 0. The summed E-state index contributed by atoms with van der Waals surface area (Å²) in [6.45, 7) is 4.09. The quantitative estimate of drug-likeness (QED) is 0.803. The Morgan fingerprint density at radius 3 is 3.00 bits per heavy atom. The molecule has 0 fully saturated rings. The van der Waals surface area contributed by atoms with Crippen molar-refractivity contribution < 1.29 is 4.79 Å². The second-order valence-electron chi connectivity index (χ2n) is 5.08. The number of aromatic amines is 1. The minimum Gasteiger partial charge on any atom is -0.360 e. The Hall–Kier alpha value is -1.58. The van der Waals surface area contributed by atoms with Crippen molar-refractivity contribution in [2.45, 2.75) is 45.2 Å². The Balaban J connectivity index is 1.80. The summed E-state index contributed by atoms with van der Waals surface area (Å²) >= 11 is 0. The first-order valence-corrected chi connectivity index (χ1v) is 6.19. The molecule has 0 radical (unpaired) electrons. The highest BCUT2D eigenvalue weighted by molar-refractivity contribution is 5.98. The largest absolute Gasteiger partial charge is 0.360 e. The lowest BCUT2D eigenvalue weighted by atomic mass is 10.1. The first kappa shape index (κ1) is 10.6. The second-order valence-corrected chi connectivity index (χ2v) is 5.08. The Labute approximate surface area is 101 Å². The van der Waals surface area contributed by atoms with Crippen molar-refractivity contribution in [2.75, 3.05) is 0 Å². The fourth-order valence-electron chi connectivity index (χ4n) is 2.73. The average Bonchev–Trinajstić information content (AvgIpc) is 2.90. The van der Waals surface area contributed by atoms with Crippen LogP contribution in [0.1, 0.15) is 54.5 Å². The fraction of sp³-hybridized carbons (Fsp3) is 0.538. The maximum absolute atomic E-state index is 11.6. The number of amides is 1. The first-order chi connectivity index (χ1) is 8.13. The zero-order valence-corrected chi connectivity index (χ0v) is 10.2. The van der Waals surface area contributed by atoms with Crippen molar-refractivity contribution in [3.63, 3.8) is 0 Å². The Bertz CT molecular complexity index is 501. The van der Waals surface area contributed by atoms with Gasteiger partial charge in [-0.15, -0.1) is 0 Å². The lowest BCUT2D eigenvalue weighted by molar-refractivity contribution is 0.0958. The predicted octanol–water partition coefficient (Wildman–Crippen LogP) is 1.98. The number of aliphatic imine (C=N–C) groups is 1. The van der Waals surface area contributed by atoms with Gasteiger partial charge in [0.15, 0.2) is 0 Å². The van der Waals surface area contributed by atoms with Crippen molar-refractivity contribution in [1.29, 1.82) is 0 Å². The van der Waals surface area contributed by atoms with E-state index in [1.165, 1.54) is 5.71 Å². The molecule has 0 bridgehead atoms. The molecule has 3 rings (SSSR count). The van der Waals surface area contributed by atoms with Crippen LogP contribution >= 0.6 is 0 Å². The molecule has 2 unspecified atom stereocenters. The predicted molar refractivity (Wildman–Crippen MR) is 66.5 cm³/mol. The van der Waals surface area contributed by atoms with Gasteiger partial charge in [0.25, 0.3) is 5.91 Å². The van der Waals surface area contributed by atoms with Crippen LogP contribution in [0.5, 0.6) is 0 Å². The molecule has 2 atom stereocenters. The maximum Gasteiger partial charge on any atom is 0.253 e. The van der Waals surface area contributed by atoms with E-state index in [1.54, 1.807) is 0 Å². The van der Waals surface area contributed by atoms with Gasteiger partial charge in [-0.1, -0.05) is 0 Å². The van der Waals surface area contributed by atoms with Crippen LogP contribution in [0.2, 0.25) is 0 Å². The number of carbonyl (C=O) groups excluding carboxylic acids is 1. The second kappa shape index (κ2) is 3.72. The van der Waals surface area contributed by atoms with Crippen molar-refractivity contribution >= 4 is 11.6 Å². The summed E-state index contributed by atoms with van der Waals surface area (Å²) in [6.07, 6.45) is 3.17. The molecule has 1 amide bonds. The molecular weight excluding hydrogens is 214 g/mol. The van der Waals surface area contributed by atoms with E-state index in [4.69, 9.17) is 0 Å². The van der Waals surface area contributed by atoms with E-state index in [-0.39, 0.29) is 11.9 Å². The molecule has 0 saturated carbocycles. The van der Waals surface area contributed by atoms with Gasteiger partial charge in [-0.25, -0.2) is 0 Å². The molecule has 0 spiro atoms. The molecule has 4 nitrogen and oxygen atoms in total. The van der Waals surface area contributed by atoms with Crippen LogP contribution in [0.4, 0.5) is 0 Å². The fourth-order valence-corrected chi connectivity index (χ4v) is 2.73. The minimum absolute atomic E-state index is 0.0427. The molecule has 2 N–H and O–H groups in total. The lowest BCUT2D eigenvalue weighted by Gasteiger charge is -2.06. The highest BCUT2D eigenvalue weighted by Gasteiger charge is 2.28. The molecule has 3 heterocycles. The van der Waals surface area contributed by atoms with Crippen LogP contribution in [-0.4, -0.2) is 22.6 Å². The van der Waals surface area contributed by atoms with E-state index < -0.39 is 0 Å². The number of nitrogens with one attached hydrogen (secondary N) is 2. The summed E-state index contributed by atoms with van der Waals surface area (Å²) in [5, 5.41) is 2.89. The van der Waals surface area contributed by atoms with Crippen molar-refractivity contribution in [1.82, 2.24) is 10.3 Å². The van der Waals surface area contributed by atoms with Gasteiger partial charge in [0.1, 0.15) is 0 Å². The molecule has 1 aromatic heterocycles. The number of rotatable bonds is 2. The molecule has 0 saturated heterocycles. The van der Waals surface area contributed by atoms with Crippen LogP contribution in [0, 0.1) is 0 Å². The van der Waals surface area contributed by atoms with Crippen LogP contribution in [0.15, 0.2) is 11.1 Å². The van der Waals surface area contributed by atoms with Gasteiger partial charge in [0.2, 0.25) is 0 Å². The van der Waals surface area contributed by atoms with Crippen LogP contribution in [-0.2, 0) is 6.42 Å². The van der Waals surface area contributed by atoms with Gasteiger partial charge >= 0.3 is 0 Å². The lowest BCUT2D eigenvalue weighted by Crippen LogP contribution is -2.17. The monoisotopic (exact) mass is 231 g/mol. The summed E-state index contributed by atoms with van der Waals surface area (Å²) in [4.78, 5) is 19.6. The summed E-state index contributed by atoms with van der Waals surface area (Å²) in [5.74, 6) is 0.0427. The van der Waals surface area contributed by atoms with Gasteiger partial charge < -0.3 is 10.3 Å². The highest BCUT2D eigenvalue weighted by atomic mass is 16.2. The van der Waals surface area contributed by atoms with Crippen molar-refractivity contribution in [3.05, 3.63) is 23.0 Å². The van der Waals surface area contributed by atoms with Gasteiger partial charge in [0.05, 0.1) is 23.3 Å². The van der Waals surface area contributed by atoms with Gasteiger partial charge in [0, 0.05) is 17.8 Å². The van der Waals surface area contributed by atoms with Crippen LogP contribution in [0.3, 0.4) is 0 Å². The number of H-pyrrole nitrogens is 1. The average molecular weight is 231 g/mol. The standard InChI is InChI=1S/C13H17N3O/c1-7-3-4-9(14-7)5-10-6-11-12(16-10)8(2)15-13(11)17/h6,8-9,16H,3-5H2,1-2H3,(H,15,17). The number of aromatic nitrogens is 1. The molecule has 17 heavy (non-hydrogen) atoms. The van der Waals surface area contributed by atoms with Crippen molar-refractivity contribution in [3.8, 4) is 0 Å². The van der Waals surface area contributed by atoms with E-state index in [0.29, 0.717) is 6.04 Å². The normalized spacial score (nSPS) is 26.9. The van der Waals surface area contributed by atoms with Crippen molar-refractivity contribution in [2.24, 2.45) is 4.99 Å². The van der Waals surface area contributed by atoms with Gasteiger partial charge in [-0.3, -0.25) is 9.79 Å². The van der Waals surface area contributed by atoms with E-state index in [0.717, 1.165) is 36.2 Å². The zero-order chi connectivity index (χ0) is 12.0. The summed E-state index contributed by atoms with van der Waals surface area (Å²) in [6, 6.07) is 2.49. The van der Waals surface area contributed by atoms with E-state index >= 15 is 0 Å². The number of fused-ring (bicyclic) bond motifs is 1. The van der Waals surface area contributed by atoms with Crippen LogP contribution in [0.25, 0.3) is 0 Å². The Kier molecular flexibility index (Phi) is 2.31. The number of hydrogen-bond donors (Lipinski definition) is 2. The van der Waals surface area contributed by atoms with E-state index in [9.17, 15) is 4.79 Å². The van der Waals surface area contributed by atoms with Gasteiger partial charge in [-0.05, 0) is 32.8 Å². The molecule has 4 heteroatoms. The Morgan fingerprint density at radius 2 is 2.35 bits per heavy atom. The molecule has 0 aliphatic carbocycles. The van der Waals surface area contributed by atoms with Gasteiger partial charge in [-0.2, -0.15) is 0 Å². The first-order valence-electron chi connectivity index (χ1n) is 6.19. The summed E-state index contributed by atoms with van der Waals surface area (Å²) in [5.41, 5.74) is 4.23. The smallest absolute Gasteiger partial charge is 0.253 e. The third kappa shape index (κ3) is 1.77. The zero-order valence-electron chi connectivity index (χ0n) is 10.2. The number of carbonyl (C=O) groups is 1. The number of nitrogens with zero attached hydrogens (tertiary/aromatic N) is 1. The third-order valence-electron chi connectivity index (χ3n) is 3.63. The molecule has 2 aliphatic rings. The SMILES string of the molecule is CC1=NC(Cc2cc3c([nH]2)C(C)NC3=O)CC1. The van der Waals surface area contributed by atoms with E-state index in [1.807, 2.05) is 13.0 Å². The molecule has 90 valence electrons. The molecule has 2 aliphatic heterocycles.